The average Bonchev–Trinajstić information content (AvgIpc) is 3.05. The van der Waals surface area contributed by atoms with E-state index in [4.69, 9.17) is 5.73 Å². The second kappa shape index (κ2) is 7.40. The first-order chi connectivity index (χ1) is 12.0. The Hall–Kier alpha value is -2.80. The number of primary amides is 1. The largest absolute Gasteiger partial charge is 0.370 e. The van der Waals surface area contributed by atoms with Crippen LogP contribution >= 0.6 is 11.3 Å². The summed E-state index contributed by atoms with van der Waals surface area (Å²) < 4.78 is 0. The van der Waals surface area contributed by atoms with Gasteiger partial charge in [0.25, 0.3) is 0 Å². The van der Waals surface area contributed by atoms with Gasteiger partial charge < -0.3 is 11.1 Å². The third-order valence-electron chi connectivity index (χ3n) is 3.63. The normalized spacial score (nSPS) is 11.9. The molecule has 0 radical (unpaired) electrons. The van der Waals surface area contributed by atoms with E-state index in [1.807, 2.05) is 44.2 Å². The highest BCUT2D eigenvalue weighted by molar-refractivity contribution is 7.15. The maximum absolute atomic E-state index is 11.1. The minimum atomic E-state index is -0.320. The number of hydrogen-bond acceptors (Lipinski definition) is 6. The Morgan fingerprint density at radius 3 is 2.88 bits per heavy atom. The van der Waals surface area contributed by atoms with Crippen molar-refractivity contribution >= 4 is 28.9 Å². The molecule has 0 saturated heterocycles. The molecule has 3 heterocycles. The number of rotatable bonds is 6. The molecule has 6 nitrogen and oxygen atoms in total. The minimum Gasteiger partial charge on any atom is -0.370 e. The van der Waals surface area contributed by atoms with Crippen LogP contribution in [0, 0.1) is 6.92 Å². The predicted octanol–water partition coefficient (Wildman–Crippen LogP) is 3.63. The molecule has 0 aliphatic carbocycles. The second-order valence-electron chi connectivity index (χ2n) is 5.89. The van der Waals surface area contributed by atoms with Gasteiger partial charge in [0, 0.05) is 24.7 Å². The topological polar surface area (TPSA) is 93.8 Å². The maximum Gasteiger partial charge on any atom is 0.218 e. The monoisotopic (exact) mass is 353 g/mol. The van der Waals surface area contributed by atoms with Crippen molar-refractivity contribution in [1.82, 2.24) is 15.0 Å². The maximum atomic E-state index is 11.1. The summed E-state index contributed by atoms with van der Waals surface area (Å²) in [5.41, 5.74) is 7.22. The van der Waals surface area contributed by atoms with Crippen LogP contribution < -0.4 is 11.1 Å². The van der Waals surface area contributed by atoms with E-state index < -0.39 is 0 Å². The van der Waals surface area contributed by atoms with Crippen LogP contribution in [0.1, 0.15) is 29.8 Å². The lowest BCUT2D eigenvalue weighted by Gasteiger charge is -2.06. The van der Waals surface area contributed by atoms with E-state index in [0.717, 1.165) is 32.8 Å². The minimum absolute atomic E-state index is 0.00838. The quantitative estimate of drug-likeness (QED) is 0.706. The van der Waals surface area contributed by atoms with Gasteiger partial charge in [-0.25, -0.2) is 15.0 Å². The number of carbonyl (C=O) groups is 1. The fraction of sp³-hybridized carbons (Fsp3) is 0.222. The van der Waals surface area contributed by atoms with Crippen molar-refractivity contribution in [2.45, 2.75) is 26.2 Å². The number of pyridine rings is 2. The van der Waals surface area contributed by atoms with Crippen molar-refractivity contribution in [2.75, 3.05) is 5.32 Å². The van der Waals surface area contributed by atoms with Gasteiger partial charge in [-0.1, -0.05) is 13.0 Å². The van der Waals surface area contributed by atoms with Crippen LogP contribution in [0.15, 0.2) is 42.7 Å². The molecule has 0 aromatic carbocycles. The van der Waals surface area contributed by atoms with Gasteiger partial charge in [-0.05, 0) is 36.8 Å². The summed E-state index contributed by atoms with van der Waals surface area (Å²) in [6.07, 6.45) is 3.84. The summed E-state index contributed by atoms with van der Waals surface area (Å²) in [6.45, 7) is 3.96. The van der Waals surface area contributed by atoms with E-state index in [0.29, 0.717) is 6.42 Å². The fourth-order valence-electron chi connectivity index (χ4n) is 2.40. The van der Waals surface area contributed by atoms with Gasteiger partial charge in [0.1, 0.15) is 11.6 Å². The molecule has 1 atom stereocenters. The number of amides is 1. The number of thiazole rings is 1. The van der Waals surface area contributed by atoms with Crippen molar-refractivity contribution in [1.29, 1.82) is 0 Å². The van der Waals surface area contributed by atoms with Crippen molar-refractivity contribution in [3.8, 4) is 10.6 Å². The SMILES string of the molecule is Cc1ccnc(Nc2cccc(-c3cnc([C@@H](C)CC(N)=O)s3)n2)c1. The summed E-state index contributed by atoms with van der Waals surface area (Å²) >= 11 is 1.53. The molecule has 0 saturated carbocycles. The summed E-state index contributed by atoms with van der Waals surface area (Å²) in [7, 11) is 0. The first-order valence-electron chi connectivity index (χ1n) is 7.92. The lowest BCUT2D eigenvalue weighted by Crippen LogP contribution is -2.13. The number of nitrogens with two attached hydrogens (primary N) is 1. The van der Waals surface area contributed by atoms with E-state index in [-0.39, 0.29) is 11.8 Å². The Morgan fingerprint density at radius 1 is 1.28 bits per heavy atom. The number of carbonyl (C=O) groups excluding carboxylic acids is 1. The molecule has 7 heteroatoms. The standard InChI is InChI=1S/C18H19N5OS/c1-11-6-7-20-17(8-11)23-16-5-3-4-13(22-16)14-10-21-18(25-14)12(2)9-15(19)24/h3-8,10,12H,9H2,1-2H3,(H2,19,24)(H,20,22,23)/t12-/m0/s1. The highest BCUT2D eigenvalue weighted by Gasteiger charge is 2.14. The van der Waals surface area contributed by atoms with Crippen LogP contribution in [0.25, 0.3) is 10.6 Å². The number of aromatic nitrogens is 3. The van der Waals surface area contributed by atoms with Gasteiger partial charge in [0.05, 0.1) is 15.6 Å². The van der Waals surface area contributed by atoms with Crippen molar-refractivity contribution < 1.29 is 4.79 Å². The Balaban J connectivity index is 1.80. The zero-order valence-electron chi connectivity index (χ0n) is 14.1. The Morgan fingerprint density at radius 2 is 2.12 bits per heavy atom. The Bertz CT molecular complexity index is 892. The second-order valence-corrected chi connectivity index (χ2v) is 6.95. The lowest BCUT2D eigenvalue weighted by atomic mass is 10.1. The molecular formula is C18H19N5OS. The summed E-state index contributed by atoms with van der Waals surface area (Å²) in [4.78, 5) is 25.4. The first-order valence-corrected chi connectivity index (χ1v) is 8.74. The van der Waals surface area contributed by atoms with Crippen molar-refractivity contribution in [2.24, 2.45) is 5.73 Å². The van der Waals surface area contributed by atoms with Gasteiger partial charge in [-0.2, -0.15) is 0 Å². The number of nitrogens with one attached hydrogen (secondary N) is 1. The summed E-state index contributed by atoms with van der Waals surface area (Å²) in [6, 6.07) is 9.68. The highest BCUT2D eigenvalue weighted by Crippen LogP contribution is 2.30. The van der Waals surface area contributed by atoms with Crippen LogP contribution in [0.4, 0.5) is 11.6 Å². The molecule has 0 spiro atoms. The fourth-order valence-corrected chi connectivity index (χ4v) is 3.34. The Kier molecular flexibility index (Phi) is 5.04. The van der Waals surface area contributed by atoms with Gasteiger partial charge in [-0.3, -0.25) is 4.79 Å². The van der Waals surface area contributed by atoms with E-state index in [2.05, 4.69) is 20.3 Å². The molecule has 128 valence electrons. The molecule has 0 unspecified atom stereocenters. The number of anilines is 2. The van der Waals surface area contributed by atoms with Gasteiger partial charge >= 0.3 is 0 Å². The van der Waals surface area contributed by atoms with Gasteiger partial charge in [-0.15, -0.1) is 11.3 Å². The Labute approximate surface area is 150 Å². The number of nitrogens with zero attached hydrogens (tertiary/aromatic N) is 3. The highest BCUT2D eigenvalue weighted by atomic mass is 32.1. The number of hydrogen-bond donors (Lipinski definition) is 2. The molecule has 0 aliphatic heterocycles. The van der Waals surface area contributed by atoms with Crippen molar-refractivity contribution in [3.63, 3.8) is 0 Å². The molecule has 0 bridgehead atoms. The molecule has 0 fully saturated rings. The molecule has 0 aliphatic rings. The molecular weight excluding hydrogens is 334 g/mol. The molecule has 25 heavy (non-hydrogen) atoms. The van der Waals surface area contributed by atoms with Crippen LogP contribution in [0.2, 0.25) is 0 Å². The molecule has 3 aromatic rings. The van der Waals surface area contributed by atoms with E-state index in [1.165, 1.54) is 11.3 Å². The number of aryl methyl sites for hydroxylation is 1. The lowest BCUT2D eigenvalue weighted by molar-refractivity contribution is -0.118. The third-order valence-corrected chi connectivity index (χ3v) is 4.88. The van der Waals surface area contributed by atoms with Crippen LogP contribution in [0.5, 0.6) is 0 Å². The average molecular weight is 353 g/mol. The van der Waals surface area contributed by atoms with Crippen LogP contribution in [-0.2, 0) is 4.79 Å². The smallest absolute Gasteiger partial charge is 0.218 e. The van der Waals surface area contributed by atoms with E-state index in [1.54, 1.807) is 12.4 Å². The van der Waals surface area contributed by atoms with Crippen LogP contribution in [0.3, 0.4) is 0 Å². The molecule has 1 amide bonds. The zero-order valence-corrected chi connectivity index (χ0v) is 14.9. The molecule has 3 rings (SSSR count). The molecule has 3 aromatic heterocycles. The predicted molar refractivity (Wildman–Crippen MR) is 99.8 cm³/mol. The molecule has 3 N–H and O–H groups in total. The van der Waals surface area contributed by atoms with Gasteiger partial charge in [0.2, 0.25) is 5.91 Å². The third kappa shape index (κ3) is 4.39. The summed E-state index contributed by atoms with van der Waals surface area (Å²) in [5, 5.41) is 4.09. The van der Waals surface area contributed by atoms with Crippen LogP contribution in [-0.4, -0.2) is 20.9 Å². The first kappa shape index (κ1) is 17.0. The zero-order chi connectivity index (χ0) is 17.8. The van der Waals surface area contributed by atoms with E-state index >= 15 is 0 Å². The van der Waals surface area contributed by atoms with Crippen molar-refractivity contribution in [3.05, 3.63) is 53.3 Å². The van der Waals surface area contributed by atoms with Gasteiger partial charge in [0.15, 0.2) is 0 Å². The van der Waals surface area contributed by atoms with E-state index in [9.17, 15) is 4.79 Å². The summed E-state index contributed by atoms with van der Waals surface area (Å²) in [5.74, 6) is 1.16.